The minimum Gasteiger partial charge on any atom is -0.507 e. The highest BCUT2D eigenvalue weighted by Gasteiger charge is 2.41. The van der Waals surface area contributed by atoms with Crippen molar-refractivity contribution in [3.05, 3.63) is 48.7 Å². The second-order valence-corrected chi connectivity index (χ2v) is 8.31. The van der Waals surface area contributed by atoms with E-state index in [9.17, 15) is 9.50 Å². The van der Waals surface area contributed by atoms with Gasteiger partial charge >= 0.3 is 0 Å². The van der Waals surface area contributed by atoms with Gasteiger partial charge in [0.15, 0.2) is 6.17 Å². The molecule has 1 aromatic carbocycles. The summed E-state index contributed by atoms with van der Waals surface area (Å²) in [6.45, 7) is 0. The highest BCUT2D eigenvalue weighted by molar-refractivity contribution is 5.74. The maximum absolute atomic E-state index is 14.7. The summed E-state index contributed by atoms with van der Waals surface area (Å²) in [7, 11) is 1.56. The summed E-state index contributed by atoms with van der Waals surface area (Å²) in [5.74, 6) is 0.873. The minimum absolute atomic E-state index is 0.0799. The van der Waals surface area contributed by atoms with Gasteiger partial charge in [0.2, 0.25) is 11.8 Å². The fraction of sp³-hybridized carbons (Fsp3) is 0.375. The molecule has 2 aliphatic heterocycles. The first-order valence-corrected chi connectivity index (χ1v) is 10.8. The number of phenolic OH excluding ortho intramolecular Hbond substituents is 1. The number of fused-ring (bicyclic) bond motifs is 2. The van der Waals surface area contributed by atoms with Gasteiger partial charge in [-0.3, -0.25) is 0 Å². The molecule has 2 fully saturated rings. The van der Waals surface area contributed by atoms with E-state index in [2.05, 4.69) is 20.5 Å². The van der Waals surface area contributed by atoms with E-state index in [-0.39, 0.29) is 11.8 Å². The molecule has 3 aromatic rings. The SMILES string of the molecule is COc1cc(-c2ccc(-c3ccc(O[C@H]4CC5CCCC(N5)[C@H]4F)nn3)c(O)c2)ccn1. The molecule has 2 aromatic heterocycles. The zero-order valence-electron chi connectivity index (χ0n) is 17.7. The van der Waals surface area contributed by atoms with Crippen LogP contribution in [0, 0.1) is 0 Å². The van der Waals surface area contributed by atoms with Crippen LogP contribution in [0.4, 0.5) is 4.39 Å². The molecule has 2 bridgehead atoms. The fourth-order valence-electron chi connectivity index (χ4n) is 4.58. The average molecular weight is 436 g/mol. The molecule has 0 radical (unpaired) electrons. The lowest BCUT2D eigenvalue weighted by molar-refractivity contribution is 0.00652. The number of piperidine rings is 2. The highest BCUT2D eigenvalue weighted by Crippen LogP contribution is 2.34. The predicted molar refractivity (Wildman–Crippen MR) is 117 cm³/mol. The predicted octanol–water partition coefficient (Wildman–Crippen LogP) is 3.92. The third kappa shape index (κ3) is 4.10. The van der Waals surface area contributed by atoms with Crippen LogP contribution >= 0.6 is 0 Å². The molecule has 0 aliphatic carbocycles. The number of methoxy groups -OCH3 is 1. The second-order valence-electron chi connectivity index (χ2n) is 8.31. The molecule has 4 heterocycles. The Bertz CT molecular complexity index is 1090. The topological polar surface area (TPSA) is 89.4 Å². The number of hydrogen-bond donors (Lipinski definition) is 2. The van der Waals surface area contributed by atoms with Crippen LogP contribution in [0.3, 0.4) is 0 Å². The molecule has 4 atom stereocenters. The van der Waals surface area contributed by atoms with E-state index in [1.807, 2.05) is 12.1 Å². The first kappa shape index (κ1) is 20.6. The molecule has 0 amide bonds. The van der Waals surface area contributed by atoms with Gasteiger partial charge < -0.3 is 19.9 Å². The zero-order chi connectivity index (χ0) is 22.1. The van der Waals surface area contributed by atoms with Gasteiger partial charge in [-0.1, -0.05) is 12.5 Å². The number of phenols is 1. The number of rotatable bonds is 5. The van der Waals surface area contributed by atoms with Crippen LogP contribution in [0.2, 0.25) is 0 Å². The smallest absolute Gasteiger partial charge is 0.233 e. The van der Waals surface area contributed by atoms with E-state index in [1.54, 1.807) is 43.6 Å². The van der Waals surface area contributed by atoms with Crippen LogP contribution in [0.15, 0.2) is 48.7 Å². The molecular formula is C24H25FN4O3. The van der Waals surface area contributed by atoms with Gasteiger partial charge in [-0.15, -0.1) is 10.2 Å². The Hall–Kier alpha value is -3.26. The fourth-order valence-corrected chi connectivity index (χ4v) is 4.58. The molecule has 5 rings (SSSR count). The van der Waals surface area contributed by atoms with Gasteiger partial charge in [-0.05, 0) is 48.2 Å². The molecule has 2 saturated heterocycles. The number of aromatic nitrogens is 3. The van der Waals surface area contributed by atoms with E-state index in [0.29, 0.717) is 35.5 Å². The van der Waals surface area contributed by atoms with Gasteiger partial charge in [-0.25, -0.2) is 9.37 Å². The summed E-state index contributed by atoms with van der Waals surface area (Å²) >= 11 is 0. The summed E-state index contributed by atoms with van der Waals surface area (Å²) in [6.07, 6.45) is 3.65. The summed E-state index contributed by atoms with van der Waals surface area (Å²) in [5.41, 5.74) is 2.76. The molecule has 7 nitrogen and oxygen atoms in total. The van der Waals surface area contributed by atoms with E-state index < -0.39 is 12.3 Å². The van der Waals surface area contributed by atoms with E-state index in [0.717, 1.165) is 30.4 Å². The Morgan fingerprint density at radius 3 is 2.69 bits per heavy atom. The van der Waals surface area contributed by atoms with Crippen LogP contribution in [0.1, 0.15) is 25.7 Å². The van der Waals surface area contributed by atoms with Gasteiger partial charge in [0, 0.05) is 42.4 Å². The van der Waals surface area contributed by atoms with Crippen LogP contribution in [0.25, 0.3) is 22.4 Å². The molecule has 2 aliphatic rings. The third-order valence-corrected chi connectivity index (χ3v) is 6.24. The number of nitrogens with zero attached hydrogens (tertiary/aromatic N) is 3. The Kier molecular flexibility index (Phi) is 5.61. The molecule has 2 N–H and O–H groups in total. The number of ether oxygens (including phenoxy) is 2. The largest absolute Gasteiger partial charge is 0.507 e. The van der Waals surface area contributed by atoms with Crippen LogP contribution in [-0.2, 0) is 0 Å². The van der Waals surface area contributed by atoms with Crippen molar-refractivity contribution in [2.24, 2.45) is 0 Å². The van der Waals surface area contributed by atoms with E-state index in [1.165, 1.54) is 0 Å². The van der Waals surface area contributed by atoms with Crippen molar-refractivity contribution in [1.82, 2.24) is 20.5 Å². The van der Waals surface area contributed by atoms with E-state index in [4.69, 9.17) is 9.47 Å². The number of aromatic hydroxyl groups is 1. The minimum atomic E-state index is -1.06. The standard InChI is InChI=1S/C24H25FN4O3/c1-31-23-12-15(9-10-26-23)14-5-6-17(20(30)11-14)18-7-8-22(29-28-18)32-21-13-16-3-2-4-19(27-16)24(21)25/h5-12,16,19,21,24,27,30H,2-4,13H2,1H3/t16?,19?,21-,24+/m0/s1. The van der Waals surface area contributed by atoms with Gasteiger partial charge in [-0.2, -0.15) is 0 Å². The van der Waals surface area contributed by atoms with Gasteiger partial charge in [0.1, 0.15) is 11.9 Å². The molecule has 8 heteroatoms. The normalized spacial score (nSPS) is 24.7. The summed E-state index contributed by atoms with van der Waals surface area (Å²) in [5, 5.41) is 22.3. The van der Waals surface area contributed by atoms with E-state index >= 15 is 0 Å². The Balaban J connectivity index is 1.31. The lowest BCUT2D eigenvalue weighted by atomic mass is 9.84. The summed E-state index contributed by atoms with van der Waals surface area (Å²) in [6, 6.07) is 12.5. The second kappa shape index (κ2) is 8.70. The highest BCUT2D eigenvalue weighted by atomic mass is 19.1. The van der Waals surface area contributed by atoms with Crippen molar-refractivity contribution in [2.75, 3.05) is 7.11 Å². The number of benzene rings is 1. The molecule has 166 valence electrons. The van der Waals surface area contributed by atoms with Gasteiger partial charge in [0.05, 0.1) is 12.8 Å². The zero-order valence-corrected chi connectivity index (χ0v) is 17.7. The Morgan fingerprint density at radius 2 is 1.91 bits per heavy atom. The number of alkyl halides is 1. The lowest BCUT2D eigenvalue weighted by Crippen LogP contribution is -2.59. The molecular weight excluding hydrogens is 411 g/mol. The van der Waals surface area contributed by atoms with Crippen LogP contribution < -0.4 is 14.8 Å². The summed E-state index contributed by atoms with van der Waals surface area (Å²) < 4.78 is 25.8. The first-order chi connectivity index (χ1) is 15.6. The number of nitrogens with one attached hydrogen (secondary N) is 1. The number of hydrogen-bond acceptors (Lipinski definition) is 7. The van der Waals surface area contributed by atoms with Crippen molar-refractivity contribution in [2.45, 2.75) is 50.0 Å². The molecule has 2 unspecified atom stereocenters. The van der Waals surface area contributed by atoms with Crippen molar-refractivity contribution in [3.63, 3.8) is 0 Å². The molecule has 0 spiro atoms. The van der Waals surface area contributed by atoms with Crippen molar-refractivity contribution in [3.8, 4) is 39.9 Å². The number of halogens is 1. The third-order valence-electron chi connectivity index (χ3n) is 6.24. The van der Waals surface area contributed by atoms with Crippen LogP contribution in [-0.4, -0.2) is 51.8 Å². The summed E-state index contributed by atoms with van der Waals surface area (Å²) in [4.78, 5) is 4.10. The van der Waals surface area contributed by atoms with Gasteiger partial charge in [0.25, 0.3) is 0 Å². The molecule has 0 saturated carbocycles. The van der Waals surface area contributed by atoms with Crippen molar-refractivity contribution in [1.29, 1.82) is 0 Å². The van der Waals surface area contributed by atoms with Crippen LogP contribution in [0.5, 0.6) is 17.5 Å². The lowest BCUT2D eigenvalue weighted by Gasteiger charge is -2.42. The first-order valence-electron chi connectivity index (χ1n) is 10.8. The molecule has 32 heavy (non-hydrogen) atoms. The average Bonchev–Trinajstić information content (AvgIpc) is 2.83. The Morgan fingerprint density at radius 1 is 1.03 bits per heavy atom. The maximum atomic E-state index is 14.7. The maximum Gasteiger partial charge on any atom is 0.233 e. The quantitative estimate of drug-likeness (QED) is 0.627. The monoisotopic (exact) mass is 436 g/mol. The number of pyridine rings is 1. The van der Waals surface area contributed by atoms with Crippen molar-refractivity contribution >= 4 is 0 Å². The Labute approximate surface area is 185 Å². The van der Waals surface area contributed by atoms with Crippen molar-refractivity contribution < 1.29 is 19.0 Å².